The minimum absolute atomic E-state index is 0.000921. The van der Waals surface area contributed by atoms with Gasteiger partial charge in [0.25, 0.3) is 5.91 Å². The molecule has 7 heteroatoms. The zero-order valence-corrected chi connectivity index (χ0v) is 11.4. The van der Waals surface area contributed by atoms with Gasteiger partial charge < -0.3 is 10.3 Å². The van der Waals surface area contributed by atoms with Crippen LogP contribution in [0.15, 0.2) is 17.1 Å². The van der Waals surface area contributed by atoms with Crippen LogP contribution >= 0.6 is 0 Å². The van der Waals surface area contributed by atoms with E-state index in [2.05, 4.69) is 10.3 Å². The number of hydrogen-bond donors (Lipinski definition) is 2. The van der Waals surface area contributed by atoms with Crippen LogP contribution in [-0.2, 0) is 9.84 Å². The number of hydrogen-bond acceptors (Lipinski definition) is 4. The molecule has 1 fully saturated rings. The molecule has 1 aromatic heterocycles. The summed E-state index contributed by atoms with van der Waals surface area (Å²) in [6.07, 6.45) is 2.54. The van der Waals surface area contributed by atoms with E-state index < -0.39 is 21.0 Å². The monoisotopic (exact) mass is 284 g/mol. The molecule has 0 saturated carbocycles. The minimum atomic E-state index is -3.08. The molecule has 2 rings (SSSR count). The van der Waals surface area contributed by atoms with Crippen molar-refractivity contribution in [3.63, 3.8) is 0 Å². The summed E-state index contributed by atoms with van der Waals surface area (Å²) >= 11 is 0. The number of pyridine rings is 1. The van der Waals surface area contributed by atoms with Crippen LogP contribution < -0.4 is 10.7 Å². The van der Waals surface area contributed by atoms with Crippen LogP contribution in [0.5, 0.6) is 0 Å². The first-order valence-electron chi connectivity index (χ1n) is 6.09. The van der Waals surface area contributed by atoms with Gasteiger partial charge in [-0.1, -0.05) is 0 Å². The molecule has 1 atom stereocenters. The lowest BCUT2D eigenvalue weighted by Crippen LogP contribution is -2.36. The van der Waals surface area contributed by atoms with E-state index in [0.29, 0.717) is 18.5 Å². The van der Waals surface area contributed by atoms with Crippen LogP contribution in [0.3, 0.4) is 0 Å². The molecule has 0 spiro atoms. The Kier molecular flexibility index (Phi) is 3.75. The molecular weight excluding hydrogens is 268 g/mol. The van der Waals surface area contributed by atoms with Crippen molar-refractivity contribution in [3.8, 4) is 0 Å². The van der Waals surface area contributed by atoms with E-state index in [0.717, 1.165) is 0 Å². The quantitative estimate of drug-likeness (QED) is 0.816. The fourth-order valence-corrected chi connectivity index (χ4v) is 3.91. The van der Waals surface area contributed by atoms with Crippen molar-refractivity contribution in [3.05, 3.63) is 33.7 Å². The molecule has 0 bridgehead atoms. The molecule has 1 amide bonds. The molecule has 19 heavy (non-hydrogen) atoms. The third-order valence-corrected chi connectivity index (χ3v) is 5.53. The predicted molar refractivity (Wildman–Crippen MR) is 70.9 cm³/mol. The summed E-state index contributed by atoms with van der Waals surface area (Å²) in [6.45, 7) is 1.78. The number of aryl methyl sites for hydroxylation is 1. The summed E-state index contributed by atoms with van der Waals surface area (Å²) in [5, 5.41) is 1.99. The molecule has 2 heterocycles. The number of amides is 1. The highest BCUT2D eigenvalue weighted by molar-refractivity contribution is 7.92. The van der Waals surface area contributed by atoms with Crippen molar-refractivity contribution < 1.29 is 13.2 Å². The molecule has 1 saturated heterocycles. The van der Waals surface area contributed by atoms with E-state index in [1.54, 1.807) is 6.92 Å². The largest absolute Gasteiger partial charge is 0.364 e. The molecular formula is C12H16N2O4S. The number of aromatic nitrogens is 1. The topological polar surface area (TPSA) is 96.1 Å². The van der Waals surface area contributed by atoms with Crippen molar-refractivity contribution >= 4 is 15.7 Å². The number of carbonyl (C=O) groups excluding carboxylic acids is 1. The second kappa shape index (κ2) is 5.16. The first-order valence-corrected chi connectivity index (χ1v) is 7.81. The van der Waals surface area contributed by atoms with E-state index >= 15 is 0 Å². The average Bonchev–Trinajstić information content (AvgIpc) is 2.65. The number of H-pyrrole nitrogens is 1. The van der Waals surface area contributed by atoms with Crippen molar-refractivity contribution in [2.75, 3.05) is 12.3 Å². The van der Waals surface area contributed by atoms with Crippen molar-refractivity contribution in [1.82, 2.24) is 10.3 Å². The highest BCUT2D eigenvalue weighted by Crippen LogP contribution is 2.19. The van der Waals surface area contributed by atoms with E-state index in [1.165, 1.54) is 12.3 Å². The summed E-state index contributed by atoms with van der Waals surface area (Å²) in [6, 6.07) is 1.33. The van der Waals surface area contributed by atoms with E-state index in [9.17, 15) is 18.0 Å². The Morgan fingerprint density at radius 2 is 2.26 bits per heavy atom. The molecule has 1 aliphatic rings. The first-order chi connectivity index (χ1) is 8.90. The Morgan fingerprint density at radius 1 is 1.53 bits per heavy atom. The molecule has 0 radical (unpaired) electrons. The van der Waals surface area contributed by atoms with Crippen LogP contribution in [0, 0.1) is 6.92 Å². The van der Waals surface area contributed by atoms with Gasteiger partial charge in [0.2, 0.25) is 0 Å². The van der Waals surface area contributed by atoms with Crippen LogP contribution in [0.2, 0.25) is 0 Å². The Bertz CT molecular complexity index is 648. The summed E-state index contributed by atoms with van der Waals surface area (Å²) in [4.78, 5) is 26.2. The standard InChI is InChI=1S/C12H16N2O4S/c1-8-5-11(15)10(7-13-8)12(16)14-6-9-3-2-4-19(9,17)18/h5,7,9H,2-4,6H2,1H3,(H,13,15)(H,14,16). The number of sulfone groups is 1. The lowest BCUT2D eigenvalue weighted by Gasteiger charge is -2.10. The Labute approximate surface area is 111 Å². The normalized spacial score (nSPS) is 21.2. The Morgan fingerprint density at radius 3 is 2.84 bits per heavy atom. The van der Waals surface area contributed by atoms with Crippen molar-refractivity contribution in [2.45, 2.75) is 25.0 Å². The van der Waals surface area contributed by atoms with Crippen molar-refractivity contribution in [1.29, 1.82) is 0 Å². The maximum absolute atomic E-state index is 11.8. The molecule has 1 aromatic rings. The fourth-order valence-electron chi connectivity index (χ4n) is 2.14. The van der Waals surface area contributed by atoms with Crippen molar-refractivity contribution in [2.24, 2.45) is 0 Å². The molecule has 0 aromatic carbocycles. The zero-order chi connectivity index (χ0) is 14.0. The zero-order valence-electron chi connectivity index (χ0n) is 10.6. The van der Waals surface area contributed by atoms with Gasteiger partial charge in [-0.15, -0.1) is 0 Å². The number of rotatable bonds is 3. The minimum Gasteiger partial charge on any atom is -0.364 e. The maximum Gasteiger partial charge on any atom is 0.256 e. The molecule has 104 valence electrons. The smallest absolute Gasteiger partial charge is 0.256 e. The fraction of sp³-hybridized carbons (Fsp3) is 0.500. The van der Waals surface area contributed by atoms with Gasteiger partial charge in [-0.2, -0.15) is 0 Å². The van der Waals surface area contributed by atoms with E-state index in [4.69, 9.17) is 0 Å². The Balaban J connectivity index is 2.04. The predicted octanol–water partition coefficient (Wildman–Crippen LogP) is -0.00968. The third-order valence-electron chi connectivity index (χ3n) is 3.25. The molecule has 6 nitrogen and oxygen atoms in total. The van der Waals surface area contributed by atoms with Gasteiger partial charge in [-0.3, -0.25) is 9.59 Å². The first kappa shape index (κ1) is 13.8. The average molecular weight is 284 g/mol. The van der Waals surface area contributed by atoms with Gasteiger partial charge in [0, 0.05) is 24.5 Å². The summed E-state index contributed by atoms with van der Waals surface area (Å²) in [7, 11) is -3.08. The second-order valence-corrected chi connectivity index (χ2v) is 7.14. The van der Waals surface area contributed by atoms with Gasteiger partial charge in [-0.05, 0) is 19.8 Å². The Hall–Kier alpha value is -1.63. The molecule has 0 aliphatic carbocycles. The van der Waals surface area contributed by atoms with E-state index in [1.807, 2.05) is 0 Å². The number of aromatic amines is 1. The van der Waals surface area contributed by atoms with Gasteiger partial charge in [-0.25, -0.2) is 8.42 Å². The van der Waals surface area contributed by atoms with Crippen LogP contribution in [0.4, 0.5) is 0 Å². The van der Waals surface area contributed by atoms with Gasteiger partial charge in [0.1, 0.15) is 5.56 Å². The highest BCUT2D eigenvalue weighted by atomic mass is 32.2. The summed E-state index contributed by atoms with van der Waals surface area (Å²) in [5.74, 6) is -0.359. The second-order valence-electron chi connectivity index (χ2n) is 4.74. The van der Waals surface area contributed by atoms with Gasteiger partial charge >= 0.3 is 0 Å². The van der Waals surface area contributed by atoms with Crippen LogP contribution in [0.25, 0.3) is 0 Å². The van der Waals surface area contributed by atoms with E-state index in [-0.39, 0.29) is 23.3 Å². The molecule has 1 aliphatic heterocycles. The summed E-state index contributed by atoms with van der Waals surface area (Å²) < 4.78 is 23.2. The van der Waals surface area contributed by atoms with Gasteiger partial charge in [0.15, 0.2) is 15.3 Å². The highest BCUT2D eigenvalue weighted by Gasteiger charge is 2.31. The number of carbonyl (C=O) groups is 1. The molecule has 1 unspecified atom stereocenters. The van der Waals surface area contributed by atoms with Crippen LogP contribution in [0.1, 0.15) is 28.9 Å². The SMILES string of the molecule is Cc1cc(=O)c(C(=O)NCC2CCCS2(=O)=O)c[nH]1. The summed E-state index contributed by atoms with van der Waals surface area (Å²) in [5.41, 5.74) is 0.295. The third kappa shape index (κ3) is 3.04. The van der Waals surface area contributed by atoms with Crippen LogP contribution in [-0.4, -0.2) is 36.9 Å². The molecule has 2 N–H and O–H groups in total. The maximum atomic E-state index is 11.8. The lowest BCUT2D eigenvalue weighted by atomic mass is 10.2. The van der Waals surface area contributed by atoms with Gasteiger partial charge in [0.05, 0.1) is 11.0 Å². The lowest BCUT2D eigenvalue weighted by molar-refractivity contribution is 0.0952. The number of nitrogens with one attached hydrogen (secondary N) is 2.